The number of quaternary nitrogens is 1. The van der Waals surface area contributed by atoms with Crippen molar-refractivity contribution in [3.8, 4) is 22.8 Å². The summed E-state index contributed by atoms with van der Waals surface area (Å²) in [6.45, 7) is 5.78. The highest BCUT2D eigenvalue weighted by molar-refractivity contribution is 7.07. The van der Waals surface area contributed by atoms with E-state index >= 15 is 0 Å². The summed E-state index contributed by atoms with van der Waals surface area (Å²) in [4.78, 5) is 7.51. The van der Waals surface area contributed by atoms with Crippen LogP contribution in [0.15, 0.2) is 58.9 Å². The zero-order valence-electron chi connectivity index (χ0n) is 17.5. The predicted molar refractivity (Wildman–Crippen MR) is 119 cm³/mol. The molecule has 2 aromatic carbocycles. The minimum absolute atomic E-state index is 0.836. The smallest absolute Gasteiger partial charge is 0.190 e. The molecule has 1 saturated heterocycles. The highest BCUT2D eigenvalue weighted by atomic mass is 32.1. The van der Waals surface area contributed by atoms with Gasteiger partial charge in [0.2, 0.25) is 0 Å². The lowest BCUT2D eigenvalue weighted by Gasteiger charge is -2.24. The third kappa shape index (κ3) is 4.92. The summed E-state index contributed by atoms with van der Waals surface area (Å²) in [5, 5.41) is 2.19. The van der Waals surface area contributed by atoms with Crippen LogP contribution in [0.1, 0.15) is 0 Å². The van der Waals surface area contributed by atoms with E-state index in [0.717, 1.165) is 61.4 Å². The van der Waals surface area contributed by atoms with Gasteiger partial charge in [0.15, 0.2) is 4.80 Å². The van der Waals surface area contributed by atoms with Gasteiger partial charge >= 0.3 is 0 Å². The molecule has 0 spiro atoms. The van der Waals surface area contributed by atoms with Crippen LogP contribution in [0.4, 0.5) is 5.69 Å². The Morgan fingerprint density at radius 1 is 0.967 bits per heavy atom. The number of nitrogens with one attached hydrogen (secondary N) is 1. The maximum Gasteiger partial charge on any atom is 0.190 e. The van der Waals surface area contributed by atoms with Gasteiger partial charge in [-0.25, -0.2) is 4.99 Å². The lowest BCUT2D eigenvalue weighted by atomic mass is 10.1. The molecule has 4 rings (SSSR count). The fourth-order valence-electron chi connectivity index (χ4n) is 3.57. The first-order valence-electron chi connectivity index (χ1n) is 10.2. The molecule has 0 aliphatic carbocycles. The van der Waals surface area contributed by atoms with E-state index in [-0.39, 0.29) is 0 Å². The van der Waals surface area contributed by atoms with Crippen molar-refractivity contribution < 1.29 is 19.1 Å². The van der Waals surface area contributed by atoms with Crippen LogP contribution in [-0.4, -0.2) is 51.6 Å². The summed E-state index contributed by atoms with van der Waals surface area (Å²) in [5.74, 6) is 1.70. The fraction of sp³-hybridized carbons (Fsp3) is 0.348. The number of aromatic nitrogens is 1. The van der Waals surface area contributed by atoms with Gasteiger partial charge in [0, 0.05) is 5.38 Å². The van der Waals surface area contributed by atoms with Gasteiger partial charge in [-0.2, -0.15) is 0 Å². The van der Waals surface area contributed by atoms with E-state index in [1.54, 1.807) is 30.5 Å². The van der Waals surface area contributed by atoms with Crippen LogP contribution in [0.25, 0.3) is 11.3 Å². The number of benzene rings is 2. The van der Waals surface area contributed by atoms with Crippen molar-refractivity contribution >= 4 is 17.0 Å². The van der Waals surface area contributed by atoms with Crippen molar-refractivity contribution in [2.75, 3.05) is 47.1 Å². The Bertz CT molecular complexity index is 1000. The number of methoxy groups -OCH3 is 2. The molecule has 1 fully saturated rings. The molecule has 1 aromatic heterocycles. The van der Waals surface area contributed by atoms with E-state index in [4.69, 9.17) is 19.2 Å². The van der Waals surface area contributed by atoms with Crippen molar-refractivity contribution in [2.24, 2.45) is 4.99 Å². The monoisotopic (exact) mass is 426 g/mol. The molecular weight excluding hydrogens is 398 g/mol. The molecule has 2 heterocycles. The average Bonchev–Trinajstić information content (AvgIpc) is 3.21. The zero-order valence-corrected chi connectivity index (χ0v) is 18.3. The molecule has 0 saturated carbocycles. The summed E-state index contributed by atoms with van der Waals surface area (Å²) < 4.78 is 18.4. The lowest BCUT2D eigenvalue weighted by Crippen LogP contribution is -3.14. The largest absolute Gasteiger partial charge is 0.497 e. The van der Waals surface area contributed by atoms with Gasteiger partial charge in [-0.3, -0.25) is 0 Å². The van der Waals surface area contributed by atoms with Crippen molar-refractivity contribution in [3.05, 3.63) is 58.7 Å². The van der Waals surface area contributed by atoms with Crippen molar-refractivity contribution in [1.29, 1.82) is 0 Å². The normalized spacial score (nSPS) is 15.3. The number of hydrogen-bond donors (Lipinski definition) is 1. The highest BCUT2D eigenvalue weighted by Gasteiger charge is 2.16. The Morgan fingerprint density at radius 2 is 1.60 bits per heavy atom. The van der Waals surface area contributed by atoms with E-state index in [1.807, 2.05) is 36.4 Å². The maximum atomic E-state index is 5.51. The van der Waals surface area contributed by atoms with Crippen LogP contribution in [-0.2, 0) is 11.3 Å². The summed E-state index contributed by atoms with van der Waals surface area (Å²) in [7, 11) is 3.37. The summed E-state index contributed by atoms with van der Waals surface area (Å²) in [6.07, 6.45) is 0. The average molecular weight is 427 g/mol. The first-order chi connectivity index (χ1) is 14.8. The number of nitrogens with zero attached hydrogens (tertiary/aromatic N) is 2. The van der Waals surface area contributed by atoms with Crippen LogP contribution in [0.5, 0.6) is 11.5 Å². The molecule has 0 radical (unpaired) electrons. The Morgan fingerprint density at radius 3 is 2.23 bits per heavy atom. The topological polar surface area (TPSA) is 49.4 Å². The van der Waals surface area contributed by atoms with Crippen molar-refractivity contribution in [1.82, 2.24) is 4.57 Å². The molecular formula is C23H28N3O3S+. The van der Waals surface area contributed by atoms with Crippen LogP contribution in [0.3, 0.4) is 0 Å². The highest BCUT2D eigenvalue weighted by Crippen LogP contribution is 2.24. The fourth-order valence-corrected chi connectivity index (χ4v) is 4.53. The van der Waals surface area contributed by atoms with Crippen LogP contribution in [0, 0.1) is 0 Å². The van der Waals surface area contributed by atoms with Gasteiger partial charge < -0.3 is 23.7 Å². The minimum atomic E-state index is 0.836. The third-order valence-corrected chi connectivity index (χ3v) is 6.23. The SMILES string of the molecule is COc1ccc(N=c2scc(-c3ccc(OC)cc3)n2CC[NH+]2CCOCC2)cc1. The minimum Gasteiger partial charge on any atom is -0.497 e. The van der Waals surface area contributed by atoms with Gasteiger partial charge in [-0.15, -0.1) is 11.3 Å². The van der Waals surface area contributed by atoms with Gasteiger partial charge in [0.1, 0.15) is 24.6 Å². The second-order valence-electron chi connectivity index (χ2n) is 7.21. The zero-order chi connectivity index (χ0) is 20.8. The Labute approximate surface area is 181 Å². The molecule has 0 bridgehead atoms. The second kappa shape index (κ2) is 9.93. The molecule has 1 N–H and O–H groups in total. The summed E-state index contributed by atoms with van der Waals surface area (Å²) in [5.41, 5.74) is 3.27. The first kappa shape index (κ1) is 20.7. The van der Waals surface area contributed by atoms with Crippen molar-refractivity contribution in [2.45, 2.75) is 6.54 Å². The first-order valence-corrected chi connectivity index (χ1v) is 11.1. The number of thiazole rings is 1. The predicted octanol–water partition coefficient (Wildman–Crippen LogP) is 2.38. The number of hydrogen-bond acceptors (Lipinski definition) is 5. The van der Waals surface area contributed by atoms with E-state index in [9.17, 15) is 0 Å². The van der Waals surface area contributed by atoms with E-state index in [2.05, 4.69) is 22.1 Å². The van der Waals surface area contributed by atoms with E-state index < -0.39 is 0 Å². The molecule has 158 valence electrons. The molecule has 0 unspecified atom stereocenters. The van der Waals surface area contributed by atoms with Crippen LogP contribution < -0.4 is 19.2 Å². The third-order valence-electron chi connectivity index (χ3n) is 5.37. The van der Waals surface area contributed by atoms with Crippen LogP contribution in [0.2, 0.25) is 0 Å². The number of rotatable bonds is 7. The lowest BCUT2D eigenvalue weighted by molar-refractivity contribution is -0.908. The summed E-state index contributed by atoms with van der Waals surface area (Å²) in [6, 6.07) is 16.1. The molecule has 1 aliphatic rings. The molecule has 0 amide bonds. The molecule has 3 aromatic rings. The Kier molecular flexibility index (Phi) is 6.84. The summed E-state index contributed by atoms with van der Waals surface area (Å²) >= 11 is 1.67. The standard InChI is InChI=1S/C23H27N3O3S/c1-27-20-7-3-18(4-8-20)22-17-30-23(24-19-5-9-21(28-2)10-6-19)26(22)12-11-25-13-15-29-16-14-25/h3-10,17H,11-16H2,1-2H3/p+1. The Hall–Kier alpha value is -2.61. The number of morpholine rings is 1. The van der Waals surface area contributed by atoms with E-state index in [0.29, 0.717) is 0 Å². The number of ether oxygens (including phenoxy) is 3. The van der Waals surface area contributed by atoms with Crippen molar-refractivity contribution in [3.63, 3.8) is 0 Å². The molecule has 6 nitrogen and oxygen atoms in total. The maximum absolute atomic E-state index is 5.51. The molecule has 30 heavy (non-hydrogen) atoms. The van der Waals surface area contributed by atoms with E-state index in [1.165, 1.54) is 11.3 Å². The van der Waals surface area contributed by atoms with Gasteiger partial charge in [0.25, 0.3) is 0 Å². The van der Waals surface area contributed by atoms with Gasteiger partial charge in [-0.05, 0) is 54.1 Å². The van der Waals surface area contributed by atoms with Gasteiger partial charge in [-0.1, -0.05) is 0 Å². The van der Waals surface area contributed by atoms with Gasteiger partial charge in [0.05, 0.1) is 51.9 Å². The Balaban J connectivity index is 1.67. The second-order valence-corrected chi connectivity index (χ2v) is 8.04. The quantitative estimate of drug-likeness (QED) is 0.631. The molecule has 7 heteroatoms. The van der Waals surface area contributed by atoms with Crippen LogP contribution >= 0.6 is 11.3 Å². The molecule has 0 atom stereocenters. The molecule has 1 aliphatic heterocycles.